The molecule has 0 aromatic heterocycles. The summed E-state index contributed by atoms with van der Waals surface area (Å²) in [4.78, 5) is 0. The zero-order valence-electron chi connectivity index (χ0n) is 59.7. The number of ether oxygens (including phenoxy) is 4. The largest absolute Gasteiger partial charge is 0.488 e. The lowest BCUT2D eigenvalue weighted by Gasteiger charge is -2.32. The molecule has 12 aromatic carbocycles. The smallest absolute Gasteiger partial charge is 0.126 e. The highest BCUT2D eigenvalue weighted by Crippen LogP contribution is 2.47. The van der Waals surface area contributed by atoms with Crippen molar-refractivity contribution in [3.05, 3.63) is 402 Å². The van der Waals surface area contributed by atoms with E-state index in [1.54, 1.807) is 0 Å². The molecule has 0 radical (unpaired) electrons. The molecule has 13 rings (SSSR count). The van der Waals surface area contributed by atoms with Crippen LogP contribution in [0.15, 0.2) is 291 Å². The Morgan fingerprint density at radius 3 is 0.578 bits per heavy atom. The number of nitriles is 2. The summed E-state index contributed by atoms with van der Waals surface area (Å²) >= 11 is 0. The van der Waals surface area contributed by atoms with Crippen molar-refractivity contribution in [2.24, 2.45) is 0 Å². The number of hydrogen-bond acceptors (Lipinski definition) is 6. The van der Waals surface area contributed by atoms with Crippen molar-refractivity contribution in [3.8, 4) is 35.1 Å². The van der Waals surface area contributed by atoms with Crippen LogP contribution in [-0.4, -0.2) is 0 Å². The molecular formula is C96H90N2O4. The topological polar surface area (TPSA) is 84.5 Å². The average molecular weight is 1340 g/mol. The maximum atomic E-state index is 12.4. The third-order valence-corrected chi connectivity index (χ3v) is 20.1. The molecular weight excluding hydrogens is 1250 g/mol. The summed E-state index contributed by atoms with van der Waals surface area (Å²) in [7, 11) is 0. The zero-order valence-corrected chi connectivity index (χ0v) is 59.7. The minimum Gasteiger partial charge on any atom is -0.488 e. The SMILES string of the molecule is CC(C)(C)c1cc2c(OCc3ccccc3)c(c1)Cc1cc(C(C#N)(Cc3ccccc3)Cc3ccccc3)cc(c1OCc1ccccc1)Cc1cc(C(C)(C)C)cc(c1OCc1ccccc1)Cc1cc(C(C#N)(Cc3ccccc3)Cc3ccccc3)cc(c1OCc1ccccc1)C2. The Kier molecular flexibility index (Phi) is 21.2. The summed E-state index contributed by atoms with van der Waals surface area (Å²) < 4.78 is 30.2. The Hall–Kier alpha value is -11.2. The van der Waals surface area contributed by atoms with Crippen molar-refractivity contribution in [2.45, 2.75) is 141 Å². The second-order valence-corrected chi connectivity index (χ2v) is 29.8. The molecule has 0 saturated carbocycles. The van der Waals surface area contributed by atoms with Crippen molar-refractivity contribution >= 4 is 0 Å². The molecule has 0 aliphatic heterocycles. The lowest BCUT2D eigenvalue weighted by Crippen LogP contribution is -2.31. The van der Waals surface area contributed by atoms with Crippen molar-refractivity contribution in [3.63, 3.8) is 0 Å². The second kappa shape index (κ2) is 31.2. The van der Waals surface area contributed by atoms with Crippen LogP contribution in [0.25, 0.3) is 0 Å². The van der Waals surface area contributed by atoms with Crippen LogP contribution in [0.1, 0.15) is 153 Å². The van der Waals surface area contributed by atoms with Gasteiger partial charge in [0, 0.05) is 25.7 Å². The lowest BCUT2D eigenvalue weighted by molar-refractivity contribution is 0.293. The van der Waals surface area contributed by atoms with E-state index in [2.05, 4.69) is 296 Å². The van der Waals surface area contributed by atoms with E-state index in [-0.39, 0.29) is 10.8 Å². The van der Waals surface area contributed by atoms with Crippen LogP contribution in [0.5, 0.6) is 23.0 Å². The fourth-order valence-electron chi connectivity index (χ4n) is 14.6. The summed E-state index contributed by atoms with van der Waals surface area (Å²) in [6.07, 6.45) is 3.36. The third-order valence-electron chi connectivity index (χ3n) is 20.1. The van der Waals surface area contributed by atoms with E-state index < -0.39 is 10.8 Å². The van der Waals surface area contributed by atoms with Gasteiger partial charge >= 0.3 is 0 Å². The minimum absolute atomic E-state index is 0.300. The Balaban J connectivity index is 1.16. The van der Waals surface area contributed by atoms with Gasteiger partial charge in [0.2, 0.25) is 0 Å². The summed E-state index contributed by atoms with van der Waals surface area (Å²) in [5, 5.41) is 24.7. The molecule has 102 heavy (non-hydrogen) atoms. The normalized spacial score (nSPS) is 12.4. The molecule has 0 saturated heterocycles. The van der Waals surface area contributed by atoms with Gasteiger partial charge in [0.15, 0.2) is 0 Å². The van der Waals surface area contributed by atoms with Crippen LogP contribution in [0.2, 0.25) is 0 Å². The highest BCUT2D eigenvalue weighted by atomic mass is 16.5. The predicted octanol–water partition coefficient (Wildman–Crippen LogP) is 21.8. The fourth-order valence-corrected chi connectivity index (χ4v) is 14.6. The first-order valence-electron chi connectivity index (χ1n) is 35.9. The maximum absolute atomic E-state index is 12.4. The zero-order chi connectivity index (χ0) is 70.5. The molecule has 0 N–H and O–H groups in total. The third kappa shape index (κ3) is 16.7. The quantitative estimate of drug-likeness (QED) is 0.0672. The molecule has 508 valence electrons. The van der Waals surface area contributed by atoms with Gasteiger partial charge in [0.1, 0.15) is 49.4 Å². The van der Waals surface area contributed by atoms with Gasteiger partial charge in [0.25, 0.3) is 0 Å². The van der Waals surface area contributed by atoms with E-state index in [0.29, 0.717) is 77.8 Å². The van der Waals surface area contributed by atoms with Crippen LogP contribution in [0.3, 0.4) is 0 Å². The summed E-state index contributed by atoms with van der Waals surface area (Å²) in [5.74, 6) is 3.03. The predicted molar refractivity (Wildman–Crippen MR) is 413 cm³/mol. The summed E-state index contributed by atoms with van der Waals surface area (Å²) in [6.45, 7) is 14.9. The van der Waals surface area contributed by atoms with Crippen molar-refractivity contribution in [1.29, 1.82) is 10.5 Å². The highest BCUT2D eigenvalue weighted by Gasteiger charge is 2.38. The van der Waals surface area contributed by atoms with E-state index >= 15 is 0 Å². The van der Waals surface area contributed by atoms with Crippen molar-refractivity contribution < 1.29 is 18.9 Å². The molecule has 8 bridgehead atoms. The molecule has 0 fully saturated rings. The number of benzene rings is 12. The number of rotatable bonds is 22. The molecule has 6 nitrogen and oxygen atoms in total. The van der Waals surface area contributed by atoms with Gasteiger partial charge in [-0.1, -0.05) is 333 Å². The first-order valence-corrected chi connectivity index (χ1v) is 35.9. The van der Waals surface area contributed by atoms with Gasteiger partial charge in [-0.2, -0.15) is 10.5 Å². The monoisotopic (exact) mass is 1330 g/mol. The number of nitrogens with zero attached hydrogens (tertiary/aromatic N) is 2. The van der Waals surface area contributed by atoms with Gasteiger partial charge in [-0.15, -0.1) is 0 Å². The van der Waals surface area contributed by atoms with E-state index in [0.717, 1.165) is 134 Å². The fraction of sp³-hybridized carbons (Fsp3) is 0.229. The molecule has 0 heterocycles. The Morgan fingerprint density at radius 1 is 0.245 bits per heavy atom. The molecule has 12 aromatic rings. The van der Waals surface area contributed by atoms with Gasteiger partial charge < -0.3 is 18.9 Å². The Labute approximate surface area is 604 Å². The summed E-state index contributed by atoms with van der Waals surface area (Å²) in [5.41, 5.74) is 17.4. The van der Waals surface area contributed by atoms with Crippen molar-refractivity contribution in [2.75, 3.05) is 0 Å². The van der Waals surface area contributed by atoms with Crippen LogP contribution in [0, 0.1) is 22.7 Å². The van der Waals surface area contributed by atoms with Crippen LogP contribution in [0.4, 0.5) is 0 Å². The molecule has 1 aliphatic rings. The molecule has 0 amide bonds. The summed E-state index contributed by atoms with van der Waals surface area (Å²) in [6, 6.07) is 108. The molecule has 0 unspecified atom stereocenters. The molecule has 0 atom stereocenters. The van der Waals surface area contributed by atoms with Crippen LogP contribution in [-0.2, 0) is 99.5 Å². The molecule has 1 aliphatic carbocycles. The van der Waals surface area contributed by atoms with E-state index in [1.165, 1.54) is 0 Å². The number of hydrogen-bond donors (Lipinski definition) is 0. The van der Waals surface area contributed by atoms with Gasteiger partial charge in [0.05, 0.1) is 23.0 Å². The standard InChI is InChI=1S/C96H90N2O4/c1-93(2,3)85-51-77-47-81-55-87(95(67-97,59-69-31-15-7-16-32-69)60-70-33-17-8-18-34-70)57-83(91(81)101-65-75-43-27-13-28-44-75)49-79-53-86(94(4,5)6)54-80(90(79)100-64-74-41-25-12-26-42-74)50-84-58-88(96(68-98,61-71-35-19-9-20-36-71)62-72-37-21-10-22-38-72)56-82(92(84)102-66-76-45-29-14-30-46-76)48-78(52-85)89(77)99-63-73-39-23-11-24-40-73/h7-46,51-58H,47-50,59-66H2,1-6H3. The van der Waals surface area contributed by atoms with Gasteiger partial charge in [-0.05, 0) is 148 Å². The van der Waals surface area contributed by atoms with E-state index in [9.17, 15) is 10.5 Å². The molecule has 0 spiro atoms. The first-order chi connectivity index (χ1) is 49.6. The van der Waals surface area contributed by atoms with Crippen molar-refractivity contribution in [1.82, 2.24) is 0 Å². The first kappa shape index (κ1) is 69.3. The second-order valence-electron chi connectivity index (χ2n) is 29.8. The Morgan fingerprint density at radius 2 is 0.412 bits per heavy atom. The van der Waals surface area contributed by atoms with Crippen LogP contribution < -0.4 is 18.9 Å². The van der Waals surface area contributed by atoms with Gasteiger partial charge in [-0.3, -0.25) is 0 Å². The van der Waals surface area contributed by atoms with Crippen LogP contribution >= 0.6 is 0 Å². The average Bonchev–Trinajstić information content (AvgIpc) is 0.758. The Bertz CT molecular complexity index is 4390. The number of fused-ring (bicyclic) bond motifs is 8. The van der Waals surface area contributed by atoms with Gasteiger partial charge in [-0.25, -0.2) is 0 Å². The van der Waals surface area contributed by atoms with E-state index in [4.69, 9.17) is 18.9 Å². The minimum atomic E-state index is -1.06. The van der Waals surface area contributed by atoms with E-state index in [1.807, 2.05) is 48.5 Å². The lowest BCUT2D eigenvalue weighted by atomic mass is 9.71. The maximum Gasteiger partial charge on any atom is 0.126 e. The molecule has 6 heteroatoms. The highest BCUT2D eigenvalue weighted by molar-refractivity contribution is 5.62.